The molecule has 23 heavy (non-hydrogen) atoms. The summed E-state index contributed by atoms with van der Waals surface area (Å²) in [5.74, 6) is 3.52. The molecule has 0 atom stereocenters. The Balaban J connectivity index is 1.96. The summed E-state index contributed by atoms with van der Waals surface area (Å²) in [6.45, 7) is 0. The molecule has 0 radical (unpaired) electrons. The molecule has 0 unspecified atom stereocenters. The normalized spacial score (nSPS) is 19.5. The van der Waals surface area contributed by atoms with Gasteiger partial charge >= 0.3 is 0 Å². The van der Waals surface area contributed by atoms with Crippen molar-refractivity contribution >= 4 is 28.5 Å². The van der Waals surface area contributed by atoms with Gasteiger partial charge in [-0.2, -0.15) is 11.8 Å². The molecule has 3 heterocycles. The van der Waals surface area contributed by atoms with E-state index in [1.54, 1.807) is 26.5 Å². The van der Waals surface area contributed by atoms with Crippen molar-refractivity contribution in [1.29, 1.82) is 0 Å². The van der Waals surface area contributed by atoms with Crippen LogP contribution in [0.25, 0.3) is 11.0 Å². The quantitative estimate of drug-likeness (QED) is 0.835. The predicted octanol–water partition coefficient (Wildman–Crippen LogP) is 3.68. The van der Waals surface area contributed by atoms with Crippen LogP contribution in [0.4, 0.5) is 0 Å². The summed E-state index contributed by atoms with van der Waals surface area (Å²) in [5.41, 5.74) is 0.605. The number of carbonyl (C=O) groups excluding carboxylic acids is 1. The third-order valence-electron chi connectivity index (χ3n) is 4.67. The summed E-state index contributed by atoms with van der Waals surface area (Å²) in [5, 5.41) is 0.732. The van der Waals surface area contributed by atoms with Gasteiger partial charge in [-0.05, 0) is 30.4 Å². The molecule has 1 spiro atoms. The number of hydrogen-bond acceptors (Lipinski definition) is 6. The van der Waals surface area contributed by atoms with Gasteiger partial charge in [0, 0.05) is 0 Å². The van der Waals surface area contributed by atoms with E-state index < -0.39 is 5.60 Å². The maximum absolute atomic E-state index is 12.9. The van der Waals surface area contributed by atoms with Crippen LogP contribution in [-0.2, 0) is 0 Å². The lowest BCUT2D eigenvalue weighted by molar-refractivity contribution is 0.0322. The molecule has 0 saturated carbocycles. The molecule has 2 aliphatic rings. The van der Waals surface area contributed by atoms with E-state index >= 15 is 0 Å². The molecule has 6 heteroatoms. The first-order valence-corrected chi connectivity index (χ1v) is 8.80. The molecule has 122 valence electrons. The first kappa shape index (κ1) is 14.8. The van der Waals surface area contributed by atoms with Crippen molar-refractivity contribution in [3.8, 4) is 17.2 Å². The Labute approximate surface area is 138 Å². The first-order valence-electron chi connectivity index (χ1n) is 7.64. The van der Waals surface area contributed by atoms with Crippen molar-refractivity contribution in [1.82, 2.24) is 0 Å². The van der Waals surface area contributed by atoms with Crippen LogP contribution >= 0.6 is 11.8 Å². The van der Waals surface area contributed by atoms with Gasteiger partial charge in [0.05, 0.1) is 32.3 Å². The van der Waals surface area contributed by atoms with Crippen LogP contribution in [-0.4, -0.2) is 37.1 Å². The highest BCUT2D eigenvalue weighted by atomic mass is 32.2. The Morgan fingerprint density at radius 2 is 1.91 bits per heavy atom. The lowest BCUT2D eigenvalue weighted by Gasteiger charge is -2.41. The average Bonchev–Trinajstić information content (AvgIpc) is 3.02. The van der Waals surface area contributed by atoms with E-state index in [-0.39, 0.29) is 5.78 Å². The Kier molecular flexibility index (Phi) is 3.44. The zero-order chi connectivity index (χ0) is 16.0. The van der Waals surface area contributed by atoms with E-state index in [4.69, 9.17) is 18.6 Å². The number of thioether (sulfide) groups is 1. The second-order valence-corrected chi connectivity index (χ2v) is 7.16. The Morgan fingerprint density at radius 1 is 1.17 bits per heavy atom. The molecule has 2 aromatic rings. The van der Waals surface area contributed by atoms with Crippen molar-refractivity contribution < 1.29 is 23.4 Å². The molecule has 1 aromatic carbocycles. The lowest BCUT2D eigenvalue weighted by Crippen LogP contribution is -2.45. The first-order chi connectivity index (χ1) is 11.2. The number of carbonyl (C=O) groups is 1. The molecule has 0 N–H and O–H groups in total. The highest BCUT2D eigenvalue weighted by Gasteiger charge is 2.45. The van der Waals surface area contributed by atoms with Crippen molar-refractivity contribution in [3.63, 3.8) is 0 Å². The summed E-state index contributed by atoms with van der Waals surface area (Å²) in [6, 6.07) is 1.78. The second-order valence-electron chi connectivity index (χ2n) is 5.93. The molecular weight excluding hydrogens is 316 g/mol. The standard InChI is InChI=1S/C17H18O5S/c1-19-13-10-3-6-21-14(10)16(20-2)15-12(13)11(18)9-17(22-15)4-7-23-8-5-17/h3,6H,4-5,7-9H2,1-2H3. The molecule has 0 aliphatic carbocycles. The van der Waals surface area contributed by atoms with Gasteiger partial charge in [0.25, 0.3) is 0 Å². The van der Waals surface area contributed by atoms with Crippen LogP contribution in [0.3, 0.4) is 0 Å². The number of rotatable bonds is 2. The molecule has 5 nitrogen and oxygen atoms in total. The van der Waals surface area contributed by atoms with Crippen LogP contribution in [0.5, 0.6) is 17.2 Å². The smallest absolute Gasteiger partial charge is 0.205 e. The Morgan fingerprint density at radius 3 is 2.61 bits per heavy atom. The maximum Gasteiger partial charge on any atom is 0.205 e. The third-order valence-corrected chi connectivity index (χ3v) is 5.65. The summed E-state index contributed by atoms with van der Waals surface area (Å²) < 4.78 is 23.0. The highest BCUT2D eigenvalue weighted by molar-refractivity contribution is 7.99. The van der Waals surface area contributed by atoms with Crippen molar-refractivity contribution in [2.45, 2.75) is 24.9 Å². The zero-order valence-electron chi connectivity index (χ0n) is 13.1. The van der Waals surface area contributed by atoms with Gasteiger partial charge in [0.1, 0.15) is 16.9 Å². The van der Waals surface area contributed by atoms with Gasteiger partial charge < -0.3 is 18.6 Å². The van der Waals surface area contributed by atoms with E-state index in [0.717, 1.165) is 29.7 Å². The molecule has 2 aliphatic heterocycles. The number of hydrogen-bond donors (Lipinski definition) is 0. The van der Waals surface area contributed by atoms with Crippen molar-refractivity contribution in [2.75, 3.05) is 25.7 Å². The SMILES string of the molecule is COc1c2c(c(OC)c3occc13)OC1(CCSCC1)CC2=O. The summed E-state index contributed by atoms with van der Waals surface area (Å²) in [6.07, 6.45) is 3.69. The van der Waals surface area contributed by atoms with E-state index in [2.05, 4.69) is 0 Å². The van der Waals surface area contributed by atoms with Gasteiger partial charge in [-0.1, -0.05) is 0 Å². The number of furan rings is 1. The van der Waals surface area contributed by atoms with E-state index in [0.29, 0.717) is 34.8 Å². The molecular formula is C17H18O5S. The Bertz CT molecular complexity index is 773. The number of Topliss-reactive ketones (excluding diaryl/α,β-unsaturated/α-hetero) is 1. The Hall–Kier alpha value is -1.82. The van der Waals surface area contributed by atoms with Gasteiger partial charge in [0.15, 0.2) is 17.1 Å². The number of fused-ring (bicyclic) bond motifs is 2. The van der Waals surface area contributed by atoms with Crippen molar-refractivity contribution in [3.05, 3.63) is 17.9 Å². The van der Waals surface area contributed by atoms with E-state index in [1.165, 1.54) is 0 Å². The van der Waals surface area contributed by atoms with Gasteiger partial charge in [-0.3, -0.25) is 4.79 Å². The molecule has 1 saturated heterocycles. The minimum Gasteiger partial charge on any atom is -0.495 e. The second kappa shape index (κ2) is 5.37. The monoisotopic (exact) mass is 334 g/mol. The third kappa shape index (κ3) is 2.11. The van der Waals surface area contributed by atoms with Crippen LogP contribution < -0.4 is 14.2 Å². The number of benzene rings is 1. The summed E-state index contributed by atoms with van der Waals surface area (Å²) in [4.78, 5) is 12.9. The van der Waals surface area contributed by atoms with Crippen molar-refractivity contribution in [2.24, 2.45) is 0 Å². The molecule has 0 amide bonds. The highest BCUT2D eigenvalue weighted by Crippen LogP contribution is 2.52. The fourth-order valence-corrected chi connectivity index (χ4v) is 4.76. The minimum absolute atomic E-state index is 0.0522. The zero-order valence-corrected chi connectivity index (χ0v) is 14.0. The number of methoxy groups -OCH3 is 2. The lowest BCUT2D eigenvalue weighted by atomic mass is 9.84. The van der Waals surface area contributed by atoms with E-state index in [9.17, 15) is 4.79 Å². The fraction of sp³-hybridized carbons (Fsp3) is 0.471. The minimum atomic E-state index is -0.423. The predicted molar refractivity (Wildman–Crippen MR) is 88.2 cm³/mol. The molecule has 1 aromatic heterocycles. The van der Waals surface area contributed by atoms with Crippen LogP contribution in [0.2, 0.25) is 0 Å². The van der Waals surface area contributed by atoms with Crippen LogP contribution in [0, 0.1) is 0 Å². The average molecular weight is 334 g/mol. The number of ether oxygens (including phenoxy) is 3. The van der Waals surface area contributed by atoms with Gasteiger partial charge in [0.2, 0.25) is 5.75 Å². The maximum atomic E-state index is 12.9. The van der Waals surface area contributed by atoms with Gasteiger partial charge in [-0.15, -0.1) is 0 Å². The number of ketones is 1. The largest absolute Gasteiger partial charge is 0.495 e. The van der Waals surface area contributed by atoms with Crippen LogP contribution in [0.15, 0.2) is 16.7 Å². The van der Waals surface area contributed by atoms with Gasteiger partial charge in [-0.25, -0.2) is 0 Å². The summed E-state index contributed by atoms with van der Waals surface area (Å²) >= 11 is 1.90. The molecule has 0 bridgehead atoms. The van der Waals surface area contributed by atoms with E-state index in [1.807, 2.05) is 11.8 Å². The fourth-order valence-electron chi connectivity index (χ4n) is 3.52. The molecule has 1 fully saturated rings. The molecule has 4 rings (SSSR count). The summed E-state index contributed by atoms with van der Waals surface area (Å²) in [7, 11) is 3.12. The van der Waals surface area contributed by atoms with Crippen LogP contribution in [0.1, 0.15) is 29.6 Å². The topological polar surface area (TPSA) is 57.9 Å².